The van der Waals surface area contributed by atoms with Gasteiger partial charge in [-0.25, -0.2) is 0 Å². The van der Waals surface area contributed by atoms with Gasteiger partial charge in [0, 0.05) is 0 Å². The summed E-state index contributed by atoms with van der Waals surface area (Å²) in [6.45, 7) is 11.9. The number of fused-ring (bicyclic) bond motifs is 1. The van der Waals surface area contributed by atoms with Crippen molar-refractivity contribution in [2.75, 3.05) is 0 Å². The van der Waals surface area contributed by atoms with Gasteiger partial charge in [0.2, 0.25) is 0 Å². The van der Waals surface area contributed by atoms with E-state index in [1.54, 1.807) is 0 Å². The van der Waals surface area contributed by atoms with Gasteiger partial charge in [-0.15, -0.1) is 6.07 Å². The second-order valence-electron chi connectivity index (χ2n) is 5.97. The molecule has 1 heterocycles. The Bertz CT molecular complexity index is 514. The Labute approximate surface area is 125 Å². The van der Waals surface area contributed by atoms with E-state index in [4.69, 9.17) is 9.69 Å². The summed E-state index contributed by atoms with van der Waals surface area (Å²) >= 11 is 0.847. The van der Waals surface area contributed by atoms with Gasteiger partial charge in [0.05, 0.1) is 0 Å². The van der Waals surface area contributed by atoms with Crippen molar-refractivity contribution in [3.63, 3.8) is 0 Å². The van der Waals surface area contributed by atoms with Crippen LogP contribution in [0.5, 0.6) is 0 Å². The van der Waals surface area contributed by atoms with Crippen LogP contribution in [0.25, 0.3) is 10.9 Å². The fraction of sp³-hybridized carbons (Fsp3) is 0.429. The van der Waals surface area contributed by atoms with Gasteiger partial charge in [0.1, 0.15) is 8.24 Å². The third-order valence-corrected chi connectivity index (χ3v) is 9.20. The van der Waals surface area contributed by atoms with E-state index >= 15 is 0 Å². The van der Waals surface area contributed by atoms with Crippen molar-refractivity contribution in [1.29, 1.82) is 0 Å². The average molecular weight is 331 g/mol. The molecule has 0 saturated heterocycles. The third kappa shape index (κ3) is 2.89. The molecule has 0 unspecified atom stereocenters. The Morgan fingerprint density at radius 2 is 1.72 bits per heavy atom. The SMILES string of the molecule is CC(C)(C)[Si](C)(C)n1c[c-]c2ccccc21.[Cl][Zn+]. The van der Waals surface area contributed by atoms with E-state index in [1.165, 1.54) is 10.9 Å². The second-order valence-corrected chi connectivity index (χ2v) is 11.1. The molecule has 2 aromatic rings. The van der Waals surface area contributed by atoms with Crippen molar-refractivity contribution < 1.29 is 17.3 Å². The minimum absolute atomic E-state index is 0.350. The van der Waals surface area contributed by atoms with Gasteiger partial charge < -0.3 is 4.23 Å². The van der Waals surface area contributed by atoms with Crippen LogP contribution in [-0.4, -0.2) is 12.5 Å². The molecule has 4 heteroatoms. The predicted octanol–water partition coefficient (Wildman–Crippen LogP) is 4.98. The van der Waals surface area contributed by atoms with Crippen LogP contribution in [0.15, 0.2) is 30.5 Å². The normalized spacial score (nSPS) is 12.2. The summed E-state index contributed by atoms with van der Waals surface area (Å²) in [6.07, 6.45) is 2.14. The zero-order chi connectivity index (χ0) is 14.0. The van der Waals surface area contributed by atoms with Crippen molar-refractivity contribution in [2.45, 2.75) is 38.9 Å². The van der Waals surface area contributed by atoms with E-state index in [0.717, 1.165) is 17.3 Å². The molecule has 0 saturated carbocycles. The zero-order valence-electron chi connectivity index (χ0n) is 11.9. The van der Waals surface area contributed by atoms with E-state index in [2.05, 4.69) is 74.6 Å². The van der Waals surface area contributed by atoms with Crippen LogP contribution in [0, 0.1) is 6.07 Å². The first-order chi connectivity index (χ1) is 8.34. The quantitative estimate of drug-likeness (QED) is 0.513. The van der Waals surface area contributed by atoms with Crippen molar-refractivity contribution in [1.82, 2.24) is 4.23 Å². The first-order valence-corrected chi connectivity index (χ1v) is 12.9. The number of para-hydroxylation sites is 1. The molecule has 0 N–H and O–H groups in total. The summed E-state index contributed by atoms with van der Waals surface area (Å²) in [7, 11) is 3.26. The van der Waals surface area contributed by atoms with Crippen molar-refractivity contribution >= 4 is 28.8 Å². The summed E-state index contributed by atoms with van der Waals surface area (Å²) in [5.41, 5.74) is 1.33. The van der Waals surface area contributed by atoms with Crippen LogP contribution in [-0.2, 0) is 17.3 Å². The summed E-state index contributed by atoms with van der Waals surface area (Å²) < 4.78 is 2.47. The number of halogens is 1. The number of aromatic nitrogens is 1. The number of rotatable bonds is 1. The van der Waals surface area contributed by atoms with Gasteiger partial charge in [-0.1, -0.05) is 57.7 Å². The molecular formula is C14H20ClNSiZn. The molecule has 0 spiro atoms. The molecule has 1 aromatic carbocycles. The molecular weight excluding hydrogens is 311 g/mol. The molecule has 1 aromatic heterocycles. The summed E-state index contributed by atoms with van der Waals surface area (Å²) in [4.78, 5) is 0. The van der Waals surface area contributed by atoms with Gasteiger partial charge in [0.15, 0.2) is 0 Å². The first kappa shape index (κ1) is 15.9. The zero-order valence-corrected chi connectivity index (χ0v) is 16.6. The van der Waals surface area contributed by atoms with E-state index < -0.39 is 8.24 Å². The first-order valence-electron chi connectivity index (χ1n) is 6.09. The third-order valence-electron chi connectivity index (χ3n) is 3.95. The van der Waals surface area contributed by atoms with Crippen LogP contribution < -0.4 is 0 Å². The molecule has 0 aliphatic carbocycles. The molecule has 0 bridgehead atoms. The molecule has 18 heavy (non-hydrogen) atoms. The maximum absolute atomic E-state index is 4.76. The van der Waals surface area contributed by atoms with Gasteiger partial charge >= 0.3 is 27.0 Å². The maximum atomic E-state index is 4.76. The standard InChI is InChI=1S/C14H20NSi.ClH.Zn/c1-14(2,3)16(4,5)15-11-10-12-8-6-7-9-13(12)15;;/h6-9,11H,1-5H3;1H;/q-1;;+2/p-1. The second kappa shape index (κ2) is 5.90. The van der Waals surface area contributed by atoms with Gasteiger partial charge in [0.25, 0.3) is 0 Å². The van der Waals surface area contributed by atoms with E-state index in [9.17, 15) is 0 Å². The Morgan fingerprint density at radius 1 is 1.17 bits per heavy atom. The monoisotopic (exact) mass is 329 g/mol. The van der Waals surface area contributed by atoms with Gasteiger partial charge in [-0.2, -0.15) is 17.5 Å². The minimum atomic E-state index is -1.51. The van der Waals surface area contributed by atoms with Crippen molar-refractivity contribution in [3.8, 4) is 0 Å². The fourth-order valence-corrected chi connectivity index (χ4v) is 3.74. The molecule has 0 aliphatic rings. The van der Waals surface area contributed by atoms with Gasteiger partial charge in [-0.05, 0) is 5.04 Å². The summed E-state index contributed by atoms with van der Waals surface area (Å²) in [6, 6.07) is 11.9. The Kier molecular flexibility index (Phi) is 5.23. The van der Waals surface area contributed by atoms with E-state index in [1.807, 2.05) is 0 Å². The number of benzene rings is 1. The predicted molar refractivity (Wildman–Crippen MR) is 79.2 cm³/mol. The molecule has 0 radical (unpaired) electrons. The van der Waals surface area contributed by atoms with E-state index in [-0.39, 0.29) is 0 Å². The number of nitrogens with zero attached hydrogens (tertiary/aromatic N) is 1. The van der Waals surface area contributed by atoms with Crippen LogP contribution in [0.4, 0.5) is 0 Å². The van der Waals surface area contributed by atoms with Crippen LogP contribution in [0.1, 0.15) is 20.8 Å². The van der Waals surface area contributed by atoms with Crippen LogP contribution >= 0.6 is 9.69 Å². The Balaban J connectivity index is 0.000000771. The molecule has 0 amide bonds. The summed E-state index contributed by atoms with van der Waals surface area (Å²) in [5, 5.41) is 1.58. The Morgan fingerprint density at radius 3 is 2.28 bits per heavy atom. The average Bonchev–Trinajstić information content (AvgIpc) is 2.74. The number of hydrogen-bond acceptors (Lipinski definition) is 0. The topological polar surface area (TPSA) is 4.93 Å². The van der Waals surface area contributed by atoms with Crippen LogP contribution in [0.3, 0.4) is 0 Å². The molecule has 94 valence electrons. The Hall–Kier alpha value is -0.110. The molecule has 2 rings (SSSR count). The molecule has 0 aliphatic heterocycles. The molecule has 0 atom stereocenters. The number of hydrogen-bond donors (Lipinski definition) is 0. The van der Waals surface area contributed by atoms with Crippen molar-refractivity contribution in [3.05, 3.63) is 36.5 Å². The van der Waals surface area contributed by atoms with E-state index in [0.29, 0.717) is 5.04 Å². The van der Waals surface area contributed by atoms with Crippen molar-refractivity contribution in [2.24, 2.45) is 0 Å². The molecule has 0 fully saturated rings. The van der Waals surface area contributed by atoms with Crippen LogP contribution in [0.2, 0.25) is 18.1 Å². The van der Waals surface area contributed by atoms with Gasteiger partial charge in [-0.3, -0.25) is 0 Å². The fourth-order valence-electron chi connectivity index (χ4n) is 1.83. The summed E-state index contributed by atoms with van der Waals surface area (Å²) in [5.74, 6) is 0. The molecule has 1 nitrogen and oxygen atoms in total.